The minimum Gasteiger partial charge on any atom is -0.464 e. The van der Waals surface area contributed by atoms with Crippen LogP contribution in [0.25, 0.3) is 22.6 Å². The van der Waals surface area contributed by atoms with Crippen molar-refractivity contribution in [3.05, 3.63) is 59.7 Å². The molecule has 0 radical (unpaired) electrons. The van der Waals surface area contributed by atoms with Crippen LogP contribution in [0.3, 0.4) is 0 Å². The van der Waals surface area contributed by atoms with E-state index in [4.69, 9.17) is 10.5 Å². The van der Waals surface area contributed by atoms with Crippen LogP contribution >= 0.6 is 0 Å². The quantitative estimate of drug-likeness (QED) is 0.424. The van der Waals surface area contributed by atoms with Gasteiger partial charge in [0.15, 0.2) is 17.0 Å². The van der Waals surface area contributed by atoms with Crippen molar-refractivity contribution in [2.75, 3.05) is 38.5 Å². The van der Waals surface area contributed by atoms with E-state index in [2.05, 4.69) is 54.0 Å². The van der Waals surface area contributed by atoms with E-state index in [-0.39, 0.29) is 11.8 Å². The molecule has 2 N–H and O–H groups in total. The predicted octanol–water partition coefficient (Wildman–Crippen LogP) is 2.95. The number of pyridine rings is 1. The molecule has 186 valence electrons. The molecule has 6 rings (SSSR count). The molecule has 5 heterocycles. The lowest BCUT2D eigenvalue weighted by atomic mass is 10.1. The van der Waals surface area contributed by atoms with E-state index < -0.39 is 5.82 Å². The number of rotatable bonds is 7. The third-order valence-corrected chi connectivity index (χ3v) is 7.05. The summed E-state index contributed by atoms with van der Waals surface area (Å²) in [5, 5.41) is 0. The van der Waals surface area contributed by atoms with Gasteiger partial charge in [0, 0.05) is 44.0 Å². The number of nitrogens with two attached hydrogens (primary N) is 1. The first-order chi connectivity index (χ1) is 17.6. The summed E-state index contributed by atoms with van der Waals surface area (Å²) >= 11 is 0. The zero-order chi connectivity index (χ0) is 24.6. The molecule has 0 amide bonds. The van der Waals surface area contributed by atoms with Crippen molar-refractivity contribution < 1.29 is 9.13 Å². The van der Waals surface area contributed by atoms with Gasteiger partial charge in [-0.15, -0.1) is 0 Å². The van der Waals surface area contributed by atoms with Crippen LogP contribution in [0, 0.1) is 5.82 Å². The number of nitrogen functional groups attached to an aromatic ring is 1. The lowest BCUT2D eigenvalue weighted by Crippen LogP contribution is -2.46. The largest absolute Gasteiger partial charge is 0.464 e. The molecule has 2 bridgehead atoms. The fourth-order valence-corrected chi connectivity index (χ4v) is 5.24. The number of imidazole rings is 1. The summed E-state index contributed by atoms with van der Waals surface area (Å²) in [6.45, 7) is 8.42. The summed E-state index contributed by atoms with van der Waals surface area (Å²) in [5.41, 5.74) is 10.1. The van der Waals surface area contributed by atoms with Gasteiger partial charge in [-0.25, -0.2) is 9.37 Å². The highest BCUT2D eigenvalue weighted by Gasteiger charge is 2.32. The predicted molar refractivity (Wildman–Crippen MR) is 135 cm³/mol. The average Bonchev–Trinajstić information content (AvgIpc) is 3.44. The van der Waals surface area contributed by atoms with Crippen molar-refractivity contribution in [1.82, 2.24) is 34.3 Å². The van der Waals surface area contributed by atoms with Gasteiger partial charge >= 0.3 is 6.01 Å². The van der Waals surface area contributed by atoms with Crippen LogP contribution < -0.4 is 10.5 Å². The fourth-order valence-electron chi connectivity index (χ4n) is 5.24. The van der Waals surface area contributed by atoms with Gasteiger partial charge in [-0.1, -0.05) is 24.3 Å². The molecule has 0 saturated carbocycles. The monoisotopic (exact) mass is 488 g/mol. The van der Waals surface area contributed by atoms with Gasteiger partial charge in [0.05, 0.1) is 19.3 Å². The summed E-state index contributed by atoms with van der Waals surface area (Å²) in [6, 6.07) is 10.9. The van der Waals surface area contributed by atoms with Crippen LogP contribution in [0.4, 0.5) is 10.2 Å². The molecule has 2 fully saturated rings. The highest BCUT2D eigenvalue weighted by atomic mass is 19.1. The smallest absolute Gasteiger partial charge is 0.320 e. The zero-order valence-electron chi connectivity index (χ0n) is 20.3. The summed E-state index contributed by atoms with van der Waals surface area (Å²) < 4.78 is 21.5. The van der Waals surface area contributed by atoms with Gasteiger partial charge in [0.25, 0.3) is 0 Å². The normalized spacial score (nSPS) is 19.7. The van der Waals surface area contributed by atoms with Crippen LogP contribution in [0.5, 0.6) is 6.01 Å². The molecule has 2 saturated heterocycles. The standard InChI is InChI=1S/C26H29FN8O/c1-2-36-26-31-23(28)22-25(32-26)35(24(30-22)19-11-20(27)13-29-12-19)15-18-5-3-17(4-6-18)14-34-10-9-33-8-7-21(34)16-33/h3-6,11-13,21H,2,7-10,14-16H2,1H3,(H2,28,31,32). The fraction of sp³-hybridized carbons (Fsp3) is 0.385. The van der Waals surface area contributed by atoms with E-state index in [1.807, 2.05) is 11.5 Å². The van der Waals surface area contributed by atoms with Crippen LogP contribution in [-0.2, 0) is 13.1 Å². The van der Waals surface area contributed by atoms with E-state index in [0.29, 0.717) is 41.7 Å². The highest BCUT2D eigenvalue weighted by Crippen LogP contribution is 2.29. The second kappa shape index (κ2) is 9.44. The molecule has 2 atom stereocenters. The van der Waals surface area contributed by atoms with Crippen molar-refractivity contribution in [3.63, 3.8) is 0 Å². The molecule has 2 aliphatic heterocycles. The van der Waals surface area contributed by atoms with E-state index in [0.717, 1.165) is 25.2 Å². The SMILES string of the molecule is CCOc1nc(N)c2nc(-c3cncc(F)c3)n(Cc3ccc(CN4CCN5CCC4C5)cc3)c2n1. The molecule has 2 aliphatic rings. The number of fused-ring (bicyclic) bond motifs is 3. The Morgan fingerprint density at radius 1 is 1.03 bits per heavy atom. The Hall–Kier alpha value is -3.63. The van der Waals surface area contributed by atoms with Gasteiger partial charge in [0.2, 0.25) is 0 Å². The number of piperazine rings is 1. The summed E-state index contributed by atoms with van der Waals surface area (Å²) in [5.74, 6) is 0.303. The van der Waals surface area contributed by atoms with Crippen molar-refractivity contribution in [2.45, 2.75) is 32.5 Å². The second-order valence-electron chi connectivity index (χ2n) is 9.44. The minimum atomic E-state index is -0.437. The molecule has 0 spiro atoms. The molecule has 4 aromatic rings. The highest BCUT2D eigenvalue weighted by molar-refractivity contribution is 5.85. The molecule has 10 heteroatoms. The number of benzene rings is 1. The van der Waals surface area contributed by atoms with Gasteiger partial charge in [-0.3, -0.25) is 9.88 Å². The minimum absolute atomic E-state index is 0.190. The van der Waals surface area contributed by atoms with Crippen LogP contribution in [0.2, 0.25) is 0 Å². The van der Waals surface area contributed by atoms with Gasteiger partial charge in [0.1, 0.15) is 11.6 Å². The Morgan fingerprint density at radius 2 is 1.83 bits per heavy atom. The Balaban J connectivity index is 1.32. The summed E-state index contributed by atoms with van der Waals surface area (Å²) in [6.07, 6.45) is 4.01. The number of hydrogen-bond acceptors (Lipinski definition) is 8. The first-order valence-corrected chi connectivity index (χ1v) is 12.4. The average molecular weight is 489 g/mol. The first-order valence-electron chi connectivity index (χ1n) is 12.4. The Labute approximate surface area is 208 Å². The third-order valence-electron chi connectivity index (χ3n) is 7.05. The molecular weight excluding hydrogens is 459 g/mol. The summed E-state index contributed by atoms with van der Waals surface area (Å²) in [7, 11) is 0. The second-order valence-corrected chi connectivity index (χ2v) is 9.44. The molecule has 2 unspecified atom stereocenters. The van der Waals surface area contributed by atoms with Gasteiger partial charge in [-0.2, -0.15) is 9.97 Å². The van der Waals surface area contributed by atoms with E-state index in [1.54, 1.807) is 6.20 Å². The van der Waals surface area contributed by atoms with E-state index in [1.165, 1.54) is 37.3 Å². The first kappa shape index (κ1) is 22.8. The van der Waals surface area contributed by atoms with Crippen LogP contribution in [0.1, 0.15) is 24.5 Å². The molecule has 1 aromatic carbocycles. The number of halogens is 1. The zero-order valence-corrected chi connectivity index (χ0v) is 20.3. The van der Waals surface area contributed by atoms with Crippen molar-refractivity contribution in [1.29, 1.82) is 0 Å². The van der Waals surface area contributed by atoms with Crippen molar-refractivity contribution >= 4 is 17.0 Å². The van der Waals surface area contributed by atoms with E-state index in [9.17, 15) is 4.39 Å². The number of ether oxygens (including phenoxy) is 1. The molecule has 36 heavy (non-hydrogen) atoms. The lowest BCUT2D eigenvalue weighted by Gasteiger charge is -2.34. The summed E-state index contributed by atoms with van der Waals surface area (Å²) in [4.78, 5) is 22.6. The molecule has 0 aliphatic carbocycles. The topological polar surface area (TPSA) is 98.2 Å². The lowest BCUT2D eigenvalue weighted by molar-refractivity contribution is 0.128. The van der Waals surface area contributed by atoms with E-state index >= 15 is 0 Å². The molecule has 3 aromatic heterocycles. The van der Waals surface area contributed by atoms with Crippen molar-refractivity contribution in [3.8, 4) is 17.4 Å². The maximum Gasteiger partial charge on any atom is 0.320 e. The molecular formula is C26H29FN8O. The maximum absolute atomic E-state index is 14.0. The van der Waals surface area contributed by atoms with Crippen LogP contribution in [-0.4, -0.2) is 73.1 Å². The number of hydrogen-bond donors (Lipinski definition) is 1. The van der Waals surface area contributed by atoms with Gasteiger partial charge in [-0.05, 0) is 37.1 Å². The Bertz CT molecular complexity index is 1390. The Kier molecular flexibility index (Phi) is 5.98. The number of nitrogens with zero attached hydrogens (tertiary/aromatic N) is 7. The third kappa shape index (κ3) is 4.38. The van der Waals surface area contributed by atoms with Crippen LogP contribution in [0.15, 0.2) is 42.7 Å². The maximum atomic E-state index is 14.0. The molecule has 9 nitrogen and oxygen atoms in total. The number of aromatic nitrogens is 5. The Morgan fingerprint density at radius 3 is 2.61 bits per heavy atom. The van der Waals surface area contributed by atoms with Gasteiger partial charge < -0.3 is 19.9 Å². The number of anilines is 1. The van der Waals surface area contributed by atoms with Crippen molar-refractivity contribution in [2.24, 2.45) is 0 Å².